The van der Waals surface area contributed by atoms with Gasteiger partial charge in [-0.15, -0.1) is 0 Å². The summed E-state index contributed by atoms with van der Waals surface area (Å²) in [6.45, 7) is 2.27. The van der Waals surface area contributed by atoms with E-state index in [0.717, 1.165) is 16.0 Å². The number of carbonyl (C=O) groups excluding carboxylic acids is 3. The molecular weight excluding hydrogens is 437 g/mol. The Kier molecular flexibility index (Phi) is 5.67. The maximum Gasteiger partial charge on any atom is 0.335 e. The van der Waals surface area contributed by atoms with Gasteiger partial charge < -0.3 is 4.57 Å². The fourth-order valence-electron chi connectivity index (χ4n) is 3.27. The molecule has 4 amide bonds. The quantitative estimate of drug-likeness (QED) is 0.454. The molecule has 0 aliphatic carbocycles. The number of urea groups is 1. The second kappa shape index (κ2) is 8.41. The van der Waals surface area contributed by atoms with Gasteiger partial charge >= 0.3 is 6.03 Å². The van der Waals surface area contributed by atoms with Crippen LogP contribution in [0.1, 0.15) is 16.8 Å². The molecule has 1 aliphatic heterocycles. The van der Waals surface area contributed by atoms with Gasteiger partial charge in [0.2, 0.25) is 0 Å². The summed E-state index contributed by atoms with van der Waals surface area (Å²) in [5.41, 5.74) is 2.44. The first-order valence-electron chi connectivity index (χ1n) is 9.41. The van der Waals surface area contributed by atoms with E-state index >= 15 is 0 Å². The summed E-state index contributed by atoms with van der Waals surface area (Å²) in [6, 6.07) is 15.0. The molecule has 0 unspecified atom stereocenters. The molecule has 1 aliphatic rings. The normalized spacial score (nSPS) is 15.5. The average Bonchev–Trinajstić information content (AvgIpc) is 3.16. The molecule has 0 atom stereocenters. The van der Waals surface area contributed by atoms with Crippen molar-refractivity contribution in [2.75, 3.05) is 4.90 Å². The van der Waals surface area contributed by atoms with Crippen LogP contribution in [0.4, 0.5) is 10.5 Å². The van der Waals surface area contributed by atoms with Crippen molar-refractivity contribution >= 4 is 52.8 Å². The van der Waals surface area contributed by atoms with E-state index in [0.29, 0.717) is 22.3 Å². The molecule has 2 aromatic carbocycles. The Morgan fingerprint density at radius 2 is 1.74 bits per heavy atom. The van der Waals surface area contributed by atoms with E-state index in [1.807, 2.05) is 35.9 Å². The molecule has 1 aromatic heterocycles. The highest BCUT2D eigenvalue weighted by Crippen LogP contribution is 2.27. The molecule has 0 radical (unpaired) electrons. The Morgan fingerprint density at radius 3 is 2.48 bits per heavy atom. The van der Waals surface area contributed by atoms with E-state index in [1.165, 1.54) is 12.1 Å². The number of anilines is 1. The lowest BCUT2D eigenvalue weighted by Crippen LogP contribution is -2.54. The molecule has 3 aromatic rings. The topological polar surface area (TPSA) is 71.4 Å². The highest BCUT2D eigenvalue weighted by Gasteiger charge is 2.37. The minimum atomic E-state index is -0.821. The van der Waals surface area contributed by atoms with Gasteiger partial charge in [-0.3, -0.25) is 14.9 Å². The summed E-state index contributed by atoms with van der Waals surface area (Å²) < 4.78 is 1.86. The Morgan fingerprint density at radius 1 is 0.968 bits per heavy atom. The molecule has 1 fully saturated rings. The first-order chi connectivity index (χ1) is 14.8. The van der Waals surface area contributed by atoms with Gasteiger partial charge in [0.25, 0.3) is 11.8 Å². The minimum Gasteiger partial charge on any atom is -0.343 e. The molecular formula is C23H17Cl2N3O3. The largest absolute Gasteiger partial charge is 0.343 e. The predicted molar refractivity (Wildman–Crippen MR) is 120 cm³/mol. The van der Waals surface area contributed by atoms with Crippen LogP contribution in [-0.4, -0.2) is 22.4 Å². The molecule has 4 rings (SSSR count). The van der Waals surface area contributed by atoms with Crippen LogP contribution in [0.2, 0.25) is 10.0 Å². The molecule has 0 spiro atoms. The standard InChI is InChI=1S/C23H17Cl2N3O3/c1-14-8-9-17(12-20(14)25)28-22(30)18(21(29)26-23(28)31)11-16-6-4-10-27(16)13-15-5-2-3-7-19(15)24/h2-12H,13H2,1H3,(H,26,29,31)/b18-11+. The maximum absolute atomic E-state index is 13.1. The fraction of sp³-hybridized carbons (Fsp3) is 0.0870. The highest BCUT2D eigenvalue weighted by atomic mass is 35.5. The van der Waals surface area contributed by atoms with E-state index in [1.54, 1.807) is 30.3 Å². The summed E-state index contributed by atoms with van der Waals surface area (Å²) in [5.74, 6) is -1.48. The van der Waals surface area contributed by atoms with Gasteiger partial charge in [0.15, 0.2) is 0 Å². The number of aryl methyl sites for hydroxylation is 1. The zero-order valence-corrected chi connectivity index (χ0v) is 17.9. The minimum absolute atomic E-state index is 0.157. The van der Waals surface area contributed by atoms with E-state index in [9.17, 15) is 14.4 Å². The molecule has 1 saturated heterocycles. The third-order valence-corrected chi connectivity index (χ3v) is 5.75. The molecule has 1 N–H and O–H groups in total. The molecule has 0 bridgehead atoms. The number of carbonyl (C=O) groups is 3. The average molecular weight is 454 g/mol. The number of imide groups is 2. The van der Waals surface area contributed by atoms with Crippen LogP contribution in [0.3, 0.4) is 0 Å². The van der Waals surface area contributed by atoms with Gasteiger partial charge in [-0.1, -0.05) is 47.5 Å². The third kappa shape index (κ3) is 4.13. The first kappa shape index (κ1) is 20.9. The van der Waals surface area contributed by atoms with Gasteiger partial charge in [-0.05, 0) is 54.5 Å². The van der Waals surface area contributed by atoms with Crippen LogP contribution >= 0.6 is 23.2 Å². The van der Waals surface area contributed by atoms with Crippen molar-refractivity contribution < 1.29 is 14.4 Å². The summed E-state index contributed by atoms with van der Waals surface area (Å²) in [4.78, 5) is 38.8. The van der Waals surface area contributed by atoms with Crippen molar-refractivity contribution in [3.63, 3.8) is 0 Å². The SMILES string of the molecule is Cc1ccc(N2C(=O)NC(=O)/C(=C\c3cccn3Cc3ccccc3Cl)C2=O)cc1Cl. The predicted octanol–water partition coefficient (Wildman–Crippen LogP) is 4.82. The van der Waals surface area contributed by atoms with Gasteiger partial charge in [-0.2, -0.15) is 0 Å². The van der Waals surface area contributed by atoms with Gasteiger partial charge in [-0.25, -0.2) is 9.69 Å². The highest BCUT2D eigenvalue weighted by molar-refractivity contribution is 6.39. The number of benzene rings is 2. The summed E-state index contributed by atoms with van der Waals surface area (Å²) in [6.07, 6.45) is 3.29. The Balaban J connectivity index is 1.69. The van der Waals surface area contributed by atoms with Gasteiger partial charge in [0, 0.05) is 28.5 Å². The molecule has 31 heavy (non-hydrogen) atoms. The molecule has 0 saturated carbocycles. The molecule has 156 valence electrons. The van der Waals surface area contributed by atoms with E-state index in [2.05, 4.69) is 5.32 Å². The second-order valence-electron chi connectivity index (χ2n) is 7.04. The van der Waals surface area contributed by atoms with Crippen LogP contribution in [0.25, 0.3) is 6.08 Å². The lowest BCUT2D eigenvalue weighted by atomic mass is 10.1. The number of nitrogens with one attached hydrogen (secondary N) is 1. The van der Waals surface area contributed by atoms with Gasteiger partial charge in [0.05, 0.1) is 5.69 Å². The van der Waals surface area contributed by atoms with E-state index < -0.39 is 17.8 Å². The van der Waals surface area contributed by atoms with Crippen LogP contribution in [0.5, 0.6) is 0 Å². The first-order valence-corrected chi connectivity index (χ1v) is 10.2. The van der Waals surface area contributed by atoms with Crippen LogP contribution in [0.15, 0.2) is 66.4 Å². The van der Waals surface area contributed by atoms with Crippen LogP contribution < -0.4 is 10.2 Å². The monoisotopic (exact) mass is 453 g/mol. The number of hydrogen-bond donors (Lipinski definition) is 1. The van der Waals surface area contributed by atoms with Crippen molar-refractivity contribution in [2.24, 2.45) is 0 Å². The number of aromatic nitrogens is 1. The van der Waals surface area contributed by atoms with Crippen LogP contribution in [0, 0.1) is 6.92 Å². The van der Waals surface area contributed by atoms with Crippen molar-refractivity contribution in [2.45, 2.75) is 13.5 Å². The number of hydrogen-bond acceptors (Lipinski definition) is 3. The zero-order chi connectivity index (χ0) is 22.1. The smallest absolute Gasteiger partial charge is 0.335 e. The number of rotatable bonds is 4. The molecule has 2 heterocycles. The Labute approximate surface area is 188 Å². The number of nitrogens with zero attached hydrogens (tertiary/aromatic N) is 2. The van der Waals surface area contributed by atoms with Crippen molar-refractivity contribution in [1.82, 2.24) is 9.88 Å². The summed E-state index contributed by atoms with van der Waals surface area (Å²) >= 11 is 12.4. The van der Waals surface area contributed by atoms with Gasteiger partial charge in [0.1, 0.15) is 5.57 Å². The lowest BCUT2D eigenvalue weighted by molar-refractivity contribution is -0.122. The molecule has 8 heteroatoms. The number of amides is 4. The fourth-order valence-corrected chi connectivity index (χ4v) is 3.64. The Hall–Kier alpha value is -3.35. The lowest BCUT2D eigenvalue weighted by Gasteiger charge is -2.26. The number of halogens is 2. The third-order valence-electron chi connectivity index (χ3n) is 4.97. The van der Waals surface area contributed by atoms with E-state index in [-0.39, 0.29) is 11.3 Å². The maximum atomic E-state index is 13.1. The van der Waals surface area contributed by atoms with Crippen molar-refractivity contribution in [3.05, 3.63) is 93.2 Å². The van der Waals surface area contributed by atoms with Crippen molar-refractivity contribution in [1.29, 1.82) is 0 Å². The zero-order valence-electron chi connectivity index (χ0n) is 16.4. The Bertz CT molecular complexity index is 1250. The van der Waals surface area contributed by atoms with E-state index in [4.69, 9.17) is 23.2 Å². The summed E-state index contributed by atoms with van der Waals surface area (Å²) in [7, 11) is 0. The van der Waals surface area contributed by atoms with Crippen molar-refractivity contribution in [3.8, 4) is 0 Å². The number of barbiturate groups is 1. The second-order valence-corrected chi connectivity index (χ2v) is 7.86. The summed E-state index contributed by atoms with van der Waals surface area (Å²) in [5, 5.41) is 3.25. The molecule has 6 nitrogen and oxygen atoms in total. The van der Waals surface area contributed by atoms with Crippen LogP contribution in [-0.2, 0) is 16.1 Å².